The van der Waals surface area contributed by atoms with Gasteiger partial charge in [0, 0.05) is 10.9 Å². The van der Waals surface area contributed by atoms with Crippen LogP contribution in [-0.4, -0.2) is 5.54 Å². The van der Waals surface area contributed by atoms with Gasteiger partial charge in [-0.25, -0.2) is 0 Å². The molecule has 0 aliphatic heterocycles. The fraction of sp³-hybridized carbons (Fsp3) is 0.333. The zero-order valence-corrected chi connectivity index (χ0v) is 8.58. The third kappa shape index (κ3) is 1.96. The van der Waals surface area contributed by atoms with Crippen LogP contribution in [0.4, 0.5) is 0 Å². The van der Waals surface area contributed by atoms with Crippen LogP contribution in [-0.2, 0) is 6.42 Å². The van der Waals surface area contributed by atoms with Gasteiger partial charge in [0.15, 0.2) is 0 Å². The average Bonchev–Trinajstić information content (AvgIpc) is 2.47. The molecule has 0 fully saturated rings. The molecule has 2 heteroatoms. The van der Waals surface area contributed by atoms with Crippen LogP contribution in [0.1, 0.15) is 19.4 Å². The molecule has 1 heterocycles. The number of hydrogen-bond acceptors (Lipinski definition) is 2. The Kier molecular flexibility index (Phi) is 2.08. The molecule has 0 aliphatic carbocycles. The van der Waals surface area contributed by atoms with Gasteiger partial charge in [-0.1, -0.05) is 12.1 Å². The van der Waals surface area contributed by atoms with Gasteiger partial charge in [0.05, 0.1) is 6.26 Å². The summed E-state index contributed by atoms with van der Waals surface area (Å²) < 4.78 is 5.33. The Morgan fingerprint density at radius 3 is 2.79 bits per heavy atom. The molecule has 74 valence electrons. The molecular formula is C12H15NO. The number of hydrogen-bond donors (Lipinski definition) is 1. The van der Waals surface area contributed by atoms with E-state index in [1.165, 1.54) is 5.56 Å². The number of rotatable bonds is 2. The van der Waals surface area contributed by atoms with Crippen molar-refractivity contribution >= 4 is 11.0 Å². The van der Waals surface area contributed by atoms with Gasteiger partial charge in [-0.05, 0) is 38.0 Å². The number of nitrogens with two attached hydrogens (primary N) is 1. The molecule has 0 amide bonds. The van der Waals surface area contributed by atoms with Crippen molar-refractivity contribution in [3.05, 3.63) is 36.1 Å². The third-order valence-corrected chi connectivity index (χ3v) is 2.18. The highest BCUT2D eigenvalue weighted by Crippen LogP contribution is 2.19. The van der Waals surface area contributed by atoms with E-state index in [9.17, 15) is 0 Å². The van der Waals surface area contributed by atoms with Crippen molar-refractivity contribution in [1.82, 2.24) is 0 Å². The van der Waals surface area contributed by atoms with Crippen molar-refractivity contribution in [2.75, 3.05) is 0 Å². The van der Waals surface area contributed by atoms with Gasteiger partial charge < -0.3 is 10.2 Å². The Labute approximate surface area is 83.7 Å². The Morgan fingerprint density at radius 1 is 1.29 bits per heavy atom. The highest BCUT2D eigenvalue weighted by molar-refractivity contribution is 5.77. The van der Waals surface area contributed by atoms with Crippen molar-refractivity contribution in [3.63, 3.8) is 0 Å². The lowest BCUT2D eigenvalue weighted by molar-refractivity contribution is 0.516. The molecule has 0 aliphatic rings. The fourth-order valence-corrected chi connectivity index (χ4v) is 1.64. The molecule has 2 nitrogen and oxygen atoms in total. The van der Waals surface area contributed by atoms with Crippen LogP contribution >= 0.6 is 0 Å². The maximum absolute atomic E-state index is 5.96. The summed E-state index contributed by atoms with van der Waals surface area (Å²) in [7, 11) is 0. The van der Waals surface area contributed by atoms with E-state index in [-0.39, 0.29) is 5.54 Å². The quantitative estimate of drug-likeness (QED) is 0.788. The summed E-state index contributed by atoms with van der Waals surface area (Å²) in [5, 5.41) is 1.14. The van der Waals surface area contributed by atoms with Gasteiger partial charge >= 0.3 is 0 Å². The van der Waals surface area contributed by atoms with Crippen LogP contribution in [0.2, 0.25) is 0 Å². The summed E-state index contributed by atoms with van der Waals surface area (Å²) in [5.41, 5.74) is 7.95. The molecule has 0 atom stereocenters. The summed E-state index contributed by atoms with van der Waals surface area (Å²) in [6.45, 7) is 4.05. The van der Waals surface area contributed by atoms with E-state index in [2.05, 4.69) is 18.2 Å². The summed E-state index contributed by atoms with van der Waals surface area (Å²) in [6, 6.07) is 8.20. The summed E-state index contributed by atoms with van der Waals surface area (Å²) in [4.78, 5) is 0. The highest BCUT2D eigenvalue weighted by atomic mass is 16.3. The number of benzene rings is 1. The Bertz CT molecular complexity index is 437. The molecule has 14 heavy (non-hydrogen) atoms. The van der Waals surface area contributed by atoms with E-state index >= 15 is 0 Å². The summed E-state index contributed by atoms with van der Waals surface area (Å²) in [6.07, 6.45) is 2.58. The molecule has 0 radical (unpaired) electrons. The minimum atomic E-state index is -0.166. The molecule has 0 unspecified atom stereocenters. The molecule has 2 rings (SSSR count). The molecule has 2 aromatic rings. The normalized spacial score (nSPS) is 12.2. The highest BCUT2D eigenvalue weighted by Gasteiger charge is 2.12. The van der Waals surface area contributed by atoms with Crippen molar-refractivity contribution in [2.45, 2.75) is 25.8 Å². The topological polar surface area (TPSA) is 39.2 Å². The van der Waals surface area contributed by atoms with Crippen LogP contribution in [0.25, 0.3) is 11.0 Å². The molecule has 2 N–H and O–H groups in total. The zero-order chi connectivity index (χ0) is 10.2. The Balaban J connectivity index is 2.35. The minimum absolute atomic E-state index is 0.166. The predicted octanol–water partition coefficient (Wildman–Crippen LogP) is 2.71. The first-order valence-electron chi connectivity index (χ1n) is 4.80. The zero-order valence-electron chi connectivity index (χ0n) is 8.58. The van der Waals surface area contributed by atoms with E-state index in [1.807, 2.05) is 19.9 Å². The van der Waals surface area contributed by atoms with E-state index in [0.717, 1.165) is 17.4 Å². The molecule has 0 spiro atoms. The molecule has 1 aromatic carbocycles. The summed E-state index contributed by atoms with van der Waals surface area (Å²) in [5.74, 6) is 0. The van der Waals surface area contributed by atoms with Gasteiger partial charge in [-0.15, -0.1) is 0 Å². The second-order valence-corrected chi connectivity index (χ2v) is 4.46. The van der Waals surface area contributed by atoms with Crippen LogP contribution in [0, 0.1) is 0 Å². The van der Waals surface area contributed by atoms with Crippen LogP contribution in [0.5, 0.6) is 0 Å². The van der Waals surface area contributed by atoms with Crippen LogP contribution < -0.4 is 5.73 Å². The van der Waals surface area contributed by atoms with Crippen molar-refractivity contribution in [3.8, 4) is 0 Å². The van der Waals surface area contributed by atoms with Crippen molar-refractivity contribution in [1.29, 1.82) is 0 Å². The van der Waals surface area contributed by atoms with E-state index < -0.39 is 0 Å². The fourth-order valence-electron chi connectivity index (χ4n) is 1.64. The average molecular weight is 189 g/mol. The molecular weight excluding hydrogens is 174 g/mol. The summed E-state index contributed by atoms with van der Waals surface area (Å²) >= 11 is 0. The molecule has 0 bridgehead atoms. The monoisotopic (exact) mass is 189 g/mol. The van der Waals surface area contributed by atoms with Gasteiger partial charge in [0.25, 0.3) is 0 Å². The van der Waals surface area contributed by atoms with E-state index in [1.54, 1.807) is 6.26 Å². The largest absolute Gasteiger partial charge is 0.464 e. The Hall–Kier alpha value is -1.28. The smallest absolute Gasteiger partial charge is 0.134 e. The first-order chi connectivity index (χ1) is 6.54. The second-order valence-electron chi connectivity index (χ2n) is 4.46. The maximum atomic E-state index is 5.96. The lowest BCUT2D eigenvalue weighted by atomic mass is 9.96. The SMILES string of the molecule is CC(C)(N)Cc1ccc2ccoc2c1. The first-order valence-corrected chi connectivity index (χ1v) is 4.80. The Morgan fingerprint density at radius 2 is 2.07 bits per heavy atom. The third-order valence-electron chi connectivity index (χ3n) is 2.18. The minimum Gasteiger partial charge on any atom is -0.464 e. The lowest BCUT2D eigenvalue weighted by Gasteiger charge is -2.18. The van der Waals surface area contributed by atoms with Crippen molar-refractivity contribution in [2.24, 2.45) is 5.73 Å². The second kappa shape index (κ2) is 3.14. The predicted molar refractivity (Wildman–Crippen MR) is 58.2 cm³/mol. The van der Waals surface area contributed by atoms with Gasteiger partial charge in [-0.3, -0.25) is 0 Å². The van der Waals surface area contributed by atoms with Gasteiger partial charge in [0.2, 0.25) is 0 Å². The number of fused-ring (bicyclic) bond motifs is 1. The maximum Gasteiger partial charge on any atom is 0.134 e. The molecule has 1 aromatic heterocycles. The standard InChI is InChI=1S/C12H15NO/c1-12(2,13)8-9-3-4-10-5-6-14-11(10)7-9/h3-7H,8,13H2,1-2H3. The van der Waals surface area contributed by atoms with Gasteiger partial charge in [-0.2, -0.15) is 0 Å². The molecule has 0 saturated carbocycles. The van der Waals surface area contributed by atoms with Crippen LogP contribution in [0.3, 0.4) is 0 Å². The lowest BCUT2D eigenvalue weighted by Crippen LogP contribution is -2.34. The van der Waals surface area contributed by atoms with Gasteiger partial charge in [0.1, 0.15) is 5.58 Å². The van der Waals surface area contributed by atoms with E-state index in [4.69, 9.17) is 10.2 Å². The first kappa shape index (κ1) is 9.28. The van der Waals surface area contributed by atoms with E-state index in [0.29, 0.717) is 0 Å². The van der Waals surface area contributed by atoms with Crippen molar-refractivity contribution < 1.29 is 4.42 Å². The van der Waals surface area contributed by atoms with Crippen LogP contribution in [0.15, 0.2) is 34.9 Å². The molecule has 0 saturated heterocycles. The number of furan rings is 1.